The Kier molecular flexibility index (Phi) is 3.57. The highest BCUT2D eigenvalue weighted by molar-refractivity contribution is 6.28. The van der Waals surface area contributed by atoms with E-state index < -0.39 is 0 Å². The summed E-state index contributed by atoms with van der Waals surface area (Å²) in [6, 6.07) is 3.55. The maximum absolute atomic E-state index is 5.87. The Morgan fingerprint density at radius 3 is 2.50 bits per heavy atom. The first-order chi connectivity index (χ1) is 8.60. The summed E-state index contributed by atoms with van der Waals surface area (Å²) in [4.78, 5) is 18.2. The van der Waals surface area contributed by atoms with Crippen LogP contribution in [0, 0.1) is 0 Å². The van der Waals surface area contributed by atoms with Gasteiger partial charge in [0.2, 0.25) is 17.1 Å². The summed E-state index contributed by atoms with van der Waals surface area (Å²) < 4.78 is 4.99. The maximum Gasteiger partial charge on any atom is 0.229 e. The Balaban J connectivity index is 2.42. The van der Waals surface area contributed by atoms with E-state index in [4.69, 9.17) is 16.3 Å². The summed E-state index contributed by atoms with van der Waals surface area (Å²) in [5, 5.41) is 0.152. The highest BCUT2D eigenvalue weighted by Gasteiger charge is 2.09. The molecule has 2 aromatic heterocycles. The monoisotopic (exact) mass is 265 g/mol. The van der Waals surface area contributed by atoms with Crippen LogP contribution in [0.5, 0.6) is 5.88 Å². The molecule has 0 spiro atoms. The number of nitrogens with zero attached hydrogens (tertiary/aromatic N) is 5. The van der Waals surface area contributed by atoms with Gasteiger partial charge in [0.1, 0.15) is 0 Å². The highest BCUT2D eigenvalue weighted by Crippen LogP contribution is 2.19. The Bertz CT molecular complexity index is 544. The zero-order valence-electron chi connectivity index (χ0n) is 10.3. The average molecular weight is 266 g/mol. The molecule has 2 aromatic rings. The molecule has 7 heteroatoms. The number of ether oxygens (including phenoxy) is 1. The number of methoxy groups -OCH3 is 1. The Morgan fingerprint density at radius 1 is 1.17 bits per heavy atom. The van der Waals surface area contributed by atoms with Gasteiger partial charge in [-0.3, -0.25) is 0 Å². The first-order valence-corrected chi connectivity index (χ1v) is 5.57. The van der Waals surface area contributed by atoms with Crippen LogP contribution in [0.15, 0.2) is 18.3 Å². The molecule has 0 aliphatic heterocycles. The summed E-state index contributed by atoms with van der Waals surface area (Å²) in [5.41, 5.74) is 0.753. The van der Waals surface area contributed by atoms with Crippen LogP contribution in [0.25, 0.3) is 11.4 Å². The van der Waals surface area contributed by atoms with Crippen molar-refractivity contribution in [1.29, 1.82) is 0 Å². The lowest BCUT2D eigenvalue weighted by Crippen LogP contribution is -2.13. The van der Waals surface area contributed by atoms with E-state index in [1.165, 1.54) is 0 Å². The number of pyridine rings is 1. The molecule has 0 N–H and O–H groups in total. The average Bonchev–Trinajstić information content (AvgIpc) is 2.38. The van der Waals surface area contributed by atoms with E-state index in [0.717, 1.165) is 5.56 Å². The number of aromatic nitrogens is 4. The normalized spacial score (nSPS) is 10.2. The van der Waals surface area contributed by atoms with Crippen LogP contribution in [-0.4, -0.2) is 41.1 Å². The molecule has 0 fully saturated rings. The fraction of sp³-hybridized carbons (Fsp3) is 0.273. The maximum atomic E-state index is 5.87. The highest BCUT2D eigenvalue weighted by atomic mass is 35.5. The third-order valence-corrected chi connectivity index (χ3v) is 2.37. The lowest BCUT2D eigenvalue weighted by atomic mass is 10.3. The number of halogens is 1. The second-order valence-corrected chi connectivity index (χ2v) is 4.05. The van der Waals surface area contributed by atoms with Crippen molar-refractivity contribution >= 4 is 17.5 Å². The fourth-order valence-corrected chi connectivity index (χ4v) is 1.46. The van der Waals surface area contributed by atoms with Crippen molar-refractivity contribution < 1.29 is 4.74 Å². The van der Waals surface area contributed by atoms with E-state index in [-0.39, 0.29) is 5.28 Å². The third-order valence-electron chi connectivity index (χ3n) is 2.20. The summed E-state index contributed by atoms with van der Waals surface area (Å²) in [7, 11) is 5.23. The molecule has 0 unspecified atom stereocenters. The van der Waals surface area contributed by atoms with Crippen molar-refractivity contribution in [1.82, 2.24) is 19.9 Å². The molecule has 0 saturated heterocycles. The molecule has 0 aliphatic rings. The summed E-state index contributed by atoms with van der Waals surface area (Å²) in [5.74, 6) is 1.52. The van der Waals surface area contributed by atoms with Crippen molar-refractivity contribution in [2.24, 2.45) is 0 Å². The van der Waals surface area contributed by atoms with Crippen LogP contribution >= 0.6 is 11.6 Å². The van der Waals surface area contributed by atoms with Crippen molar-refractivity contribution in [3.05, 3.63) is 23.6 Å². The molecule has 0 aliphatic carbocycles. The SMILES string of the molecule is COc1ccc(-c2nc(Cl)nc(N(C)C)n2)cn1. The molecule has 0 bridgehead atoms. The fourth-order valence-electron chi connectivity index (χ4n) is 1.30. The van der Waals surface area contributed by atoms with Crippen LogP contribution in [0.4, 0.5) is 5.95 Å². The van der Waals surface area contributed by atoms with E-state index in [2.05, 4.69) is 19.9 Å². The first kappa shape index (κ1) is 12.5. The van der Waals surface area contributed by atoms with E-state index in [1.807, 2.05) is 20.2 Å². The minimum absolute atomic E-state index is 0.152. The zero-order valence-corrected chi connectivity index (χ0v) is 11.0. The van der Waals surface area contributed by atoms with Crippen LogP contribution in [-0.2, 0) is 0 Å². The van der Waals surface area contributed by atoms with E-state index >= 15 is 0 Å². The number of rotatable bonds is 3. The minimum atomic E-state index is 0.152. The Morgan fingerprint density at radius 2 is 1.94 bits per heavy atom. The minimum Gasteiger partial charge on any atom is -0.481 e. The Hall–Kier alpha value is -1.95. The van der Waals surface area contributed by atoms with Gasteiger partial charge in [-0.2, -0.15) is 15.0 Å². The van der Waals surface area contributed by atoms with E-state index in [1.54, 1.807) is 24.3 Å². The summed E-state index contributed by atoms with van der Waals surface area (Å²) in [6.07, 6.45) is 1.63. The first-order valence-electron chi connectivity index (χ1n) is 5.19. The van der Waals surface area contributed by atoms with Gasteiger partial charge in [-0.25, -0.2) is 4.98 Å². The quantitative estimate of drug-likeness (QED) is 0.841. The molecule has 18 heavy (non-hydrogen) atoms. The van der Waals surface area contributed by atoms with Crippen LogP contribution in [0.1, 0.15) is 0 Å². The molecule has 0 radical (unpaired) electrons. The molecular formula is C11H12ClN5O. The van der Waals surface area contributed by atoms with E-state index in [9.17, 15) is 0 Å². The number of hydrogen-bond donors (Lipinski definition) is 0. The van der Waals surface area contributed by atoms with Gasteiger partial charge in [0.05, 0.1) is 7.11 Å². The molecule has 0 saturated carbocycles. The molecule has 2 rings (SSSR count). The van der Waals surface area contributed by atoms with Crippen molar-refractivity contribution in [2.75, 3.05) is 26.1 Å². The molecular weight excluding hydrogens is 254 g/mol. The van der Waals surface area contributed by atoms with Crippen LogP contribution < -0.4 is 9.64 Å². The Labute approximate surface area is 110 Å². The van der Waals surface area contributed by atoms with Gasteiger partial charge >= 0.3 is 0 Å². The summed E-state index contributed by atoms with van der Waals surface area (Å²) in [6.45, 7) is 0. The molecule has 0 aromatic carbocycles. The zero-order chi connectivity index (χ0) is 13.1. The molecule has 6 nitrogen and oxygen atoms in total. The lowest BCUT2D eigenvalue weighted by Gasteiger charge is -2.10. The predicted molar refractivity (Wildman–Crippen MR) is 68.9 cm³/mol. The molecule has 94 valence electrons. The van der Waals surface area contributed by atoms with Gasteiger partial charge in [-0.05, 0) is 17.7 Å². The third kappa shape index (κ3) is 2.65. The van der Waals surface area contributed by atoms with Gasteiger partial charge in [0.15, 0.2) is 5.82 Å². The second kappa shape index (κ2) is 5.14. The van der Waals surface area contributed by atoms with Crippen molar-refractivity contribution in [3.8, 4) is 17.3 Å². The molecule has 0 atom stereocenters. The lowest BCUT2D eigenvalue weighted by molar-refractivity contribution is 0.398. The van der Waals surface area contributed by atoms with Crippen molar-refractivity contribution in [3.63, 3.8) is 0 Å². The smallest absolute Gasteiger partial charge is 0.229 e. The van der Waals surface area contributed by atoms with Crippen LogP contribution in [0.3, 0.4) is 0 Å². The van der Waals surface area contributed by atoms with Gasteiger partial charge in [-0.1, -0.05) is 0 Å². The van der Waals surface area contributed by atoms with Crippen molar-refractivity contribution in [2.45, 2.75) is 0 Å². The van der Waals surface area contributed by atoms with Gasteiger partial charge in [0.25, 0.3) is 0 Å². The van der Waals surface area contributed by atoms with Gasteiger partial charge in [-0.15, -0.1) is 0 Å². The molecule has 2 heterocycles. The second-order valence-electron chi connectivity index (χ2n) is 3.71. The number of anilines is 1. The number of hydrogen-bond acceptors (Lipinski definition) is 6. The van der Waals surface area contributed by atoms with Gasteiger partial charge < -0.3 is 9.64 Å². The largest absolute Gasteiger partial charge is 0.481 e. The van der Waals surface area contributed by atoms with E-state index in [0.29, 0.717) is 17.7 Å². The van der Waals surface area contributed by atoms with Gasteiger partial charge in [0, 0.05) is 31.9 Å². The summed E-state index contributed by atoms with van der Waals surface area (Å²) >= 11 is 5.87. The molecule has 0 amide bonds. The van der Waals surface area contributed by atoms with Crippen LogP contribution in [0.2, 0.25) is 5.28 Å². The topological polar surface area (TPSA) is 64.0 Å². The standard InChI is InChI=1S/C11H12ClN5O/c1-17(2)11-15-9(14-10(12)16-11)7-4-5-8(18-3)13-6-7/h4-6H,1-3H3. The predicted octanol–water partition coefficient (Wildman–Crippen LogP) is 1.66.